The Bertz CT molecular complexity index is 1620. The van der Waals surface area contributed by atoms with E-state index in [0.717, 1.165) is 46.3 Å². The minimum Gasteiger partial charge on any atom is -0.494 e. The van der Waals surface area contributed by atoms with Gasteiger partial charge in [0.05, 0.1) is 28.9 Å². The highest BCUT2D eigenvalue weighted by atomic mass is 32.2. The Morgan fingerprint density at radius 3 is 2.38 bits per heavy atom. The van der Waals surface area contributed by atoms with Crippen molar-refractivity contribution in [3.8, 4) is 5.88 Å². The van der Waals surface area contributed by atoms with Gasteiger partial charge in [0.15, 0.2) is 5.88 Å². The molecule has 1 saturated heterocycles. The summed E-state index contributed by atoms with van der Waals surface area (Å²) in [5.74, 6) is -0.239. The molecule has 0 saturated carbocycles. The summed E-state index contributed by atoms with van der Waals surface area (Å²) in [6.07, 6.45) is 4.04. The van der Waals surface area contributed by atoms with E-state index in [1.165, 1.54) is 0 Å². The van der Waals surface area contributed by atoms with Gasteiger partial charge in [-0.1, -0.05) is 30.3 Å². The van der Waals surface area contributed by atoms with Crippen molar-refractivity contribution in [2.24, 2.45) is 4.99 Å². The lowest BCUT2D eigenvalue weighted by Gasteiger charge is -2.30. The lowest BCUT2D eigenvalue weighted by molar-refractivity contribution is -0.130. The number of amides is 1. The van der Waals surface area contributed by atoms with Crippen LogP contribution in [0, 0.1) is 0 Å². The monoisotopic (exact) mass is 545 g/mol. The number of carbonyl (C=O) groups is 1. The van der Waals surface area contributed by atoms with Crippen molar-refractivity contribution in [1.82, 2.24) is 9.88 Å². The van der Waals surface area contributed by atoms with Crippen LogP contribution in [0.25, 0.3) is 10.9 Å². The summed E-state index contributed by atoms with van der Waals surface area (Å²) in [5, 5.41) is 11.6. The first-order valence-electron chi connectivity index (χ1n) is 12.8. The summed E-state index contributed by atoms with van der Waals surface area (Å²) in [5.41, 5.74) is 10.1. The summed E-state index contributed by atoms with van der Waals surface area (Å²) in [6.45, 7) is 1.05. The lowest BCUT2D eigenvalue weighted by atomic mass is 10.0. The second kappa shape index (κ2) is 10.8. The number of nitrogens with zero attached hydrogens (tertiary/aromatic N) is 3. The number of piperidine rings is 1. The average molecular weight is 546 g/mol. The number of nitrogen functional groups attached to an aromatic ring is 1. The quantitative estimate of drug-likeness (QED) is 0.234. The Kier molecular flexibility index (Phi) is 7.30. The van der Waals surface area contributed by atoms with E-state index in [0.29, 0.717) is 41.4 Å². The number of anilines is 2. The number of hydrogen-bond acceptors (Lipinski definition) is 6. The number of sulfonamides is 1. The number of benzene rings is 3. The minimum absolute atomic E-state index is 0.0331. The molecule has 1 aliphatic heterocycles. The molecule has 4 N–H and O–H groups in total. The van der Waals surface area contributed by atoms with Crippen molar-refractivity contribution in [1.29, 1.82) is 0 Å². The average Bonchev–Trinajstić information content (AvgIpc) is 3.25. The molecule has 39 heavy (non-hydrogen) atoms. The fourth-order valence-corrected chi connectivity index (χ4v) is 5.73. The van der Waals surface area contributed by atoms with Gasteiger partial charge in [0, 0.05) is 35.2 Å². The molecule has 3 aromatic carbocycles. The number of H-pyrrole nitrogens is 1. The van der Waals surface area contributed by atoms with E-state index in [4.69, 9.17) is 10.7 Å². The predicted molar refractivity (Wildman–Crippen MR) is 155 cm³/mol. The molecular formula is C29H31N5O4S. The van der Waals surface area contributed by atoms with Crippen molar-refractivity contribution in [3.05, 3.63) is 83.9 Å². The SMILES string of the molecule is CS(=O)(=O)N(CC(=O)N1CCCCC1)c1ccc(N=C(c2ccccc2)c2c(O)[nH]c3ccc(N)cc23)cc1. The second-order valence-electron chi connectivity index (χ2n) is 9.71. The van der Waals surface area contributed by atoms with Crippen molar-refractivity contribution in [2.45, 2.75) is 19.3 Å². The molecule has 0 bridgehead atoms. The van der Waals surface area contributed by atoms with Crippen molar-refractivity contribution in [3.63, 3.8) is 0 Å². The van der Waals surface area contributed by atoms with E-state index in [1.807, 2.05) is 30.3 Å². The van der Waals surface area contributed by atoms with Crippen LogP contribution >= 0.6 is 0 Å². The van der Waals surface area contributed by atoms with E-state index < -0.39 is 10.0 Å². The van der Waals surface area contributed by atoms with Crippen molar-refractivity contribution in [2.75, 3.05) is 35.9 Å². The Morgan fingerprint density at radius 1 is 1.03 bits per heavy atom. The van der Waals surface area contributed by atoms with Crippen LogP contribution in [0.2, 0.25) is 0 Å². The molecule has 1 fully saturated rings. The van der Waals surface area contributed by atoms with Gasteiger partial charge < -0.3 is 20.7 Å². The first kappa shape index (κ1) is 26.3. The molecule has 0 radical (unpaired) electrons. The topological polar surface area (TPSA) is 132 Å². The largest absolute Gasteiger partial charge is 0.494 e. The van der Waals surface area contributed by atoms with Gasteiger partial charge in [-0.3, -0.25) is 9.10 Å². The van der Waals surface area contributed by atoms with E-state index >= 15 is 0 Å². The van der Waals surface area contributed by atoms with Gasteiger partial charge >= 0.3 is 0 Å². The Balaban J connectivity index is 1.52. The fourth-order valence-electron chi connectivity index (χ4n) is 4.88. The number of nitrogens with one attached hydrogen (secondary N) is 1. The number of aliphatic imine (C=N–C) groups is 1. The van der Waals surface area contributed by atoms with E-state index in [-0.39, 0.29) is 18.3 Å². The number of aromatic nitrogens is 1. The van der Waals surface area contributed by atoms with E-state index in [1.54, 1.807) is 47.4 Å². The molecule has 1 amide bonds. The van der Waals surface area contributed by atoms with Crippen molar-refractivity contribution >= 4 is 49.6 Å². The maximum absolute atomic E-state index is 12.9. The molecular weight excluding hydrogens is 514 g/mol. The summed E-state index contributed by atoms with van der Waals surface area (Å²) in [4.78, 5) is 22.4. The van der Waals surface area contributed by atoms with Gasteiger partial charge in [-0.15, -0.1) is 0 Å². The smallest absolute Gasteiger partial charge is 0.243 e. The molecule has 202 valence electrons. The summed E-state index contributed by atoms with van der Waals surface area (Å²) < 4.78 is 26.4. The maximum Gasteiger partial charge on any atom is 0.243 e. The molecule has 9 nitrogen and oxygen atoms in total. The van der Waals surface area contributed by atoms with Crippen LogP contribution in [-0.4, -0.2) is 60.9 Å². The normalized spacial score (nSPS) is 14.5. The number of likely N-dealkylation sites (tertiary alicyclic amines) is 1. The molecule has 0 atom stereocenters. The second-order valence-corrected chi connectivity index (χ2v) is 11.6. The van der Waals surface area contributed by atoms with Gasteiger partial charge in [-0.05, 0) is 61.7 Å². The third kappa shape index (κ3) is 5.75. The van der Waals surface area contributed by atoms with Crippen molar-refractivity contribution < 1.29 is 18.3 Å². The zero-order valence-corrected chi connectivity index (χ0v) is 22.5. The van der Waals surface area contributed by atoms with Crippen LogP contribution in [0.1, 0.15) is 30.4 Å². The van der Waals surface area contributed by atoms with Crippen LogP contribution in [0.5, 0.6) is 5.88 Å². The number of hydrogen-bond donors (Lipinski definition) is 3. The molecule has 2 heterocycles. The Labute approximate surface area is 227 Å². The first-order chi connectivity index (χ1) is 18.7. The third-order valence-corrected chi connectivity index (χ3v) is 7.99. The van der Waals surface area contributed by atoms with E-state index in [9.17, 15) is 18.3 Å². The fraction of sp³-hybridized carbons (Fsp3) is 0.241. The Morgan fingerprint density at radius 2 is 1.72 bits per heavy atom. The van der Waals surface area contributed by atoms with E-state index in [2.05, 4.69) is 4.98 Å². The number of aromatic amines is 1. The number of carbonyl (C=O) groups excluding carboxylic acids is 1. The standard InChI is InChI=1S/C29H31N5O4S/c1-39(37,38)34(19-26(35)33-16-6-3-7-17-33)23-13-11-22(12-14-23)31-28(20-8-4-2-5-9-20)27-24-18-21(30)10-15-25(24)32-29(27)36/h2,4-5,8-15,18,32,36H,3,6-7,16-17,19,30H2,1H3. The highest BCUT2D eigenvalue weighted by Crippen LogP contribution is 2.33. The molecule has 0 spiro atoms. The highest BCUT2D eigenvalue weighted by Gasteiger charge is 2.25. The number of nitrogens with two attached hydrogens (primary N) is 1. The van der Waals surface area contributed by atoms with Gasteiger partial charge in [-0.25, -0.2) is 13.4 Å². The van der Waals surface area contributed by atoms with Gasteiger partial charge in [0.1, 0.15) is 6.54 Å². The zero-order chi connectivity index (χ0) is 27.6. The Hall–Kier alpha value is -4.31. The molecule has 1 aromatic heterocycles. The summed E-state index contributed by atoms with van der Waals surface area (Å²) >= 11 is 0. The summed E-state index contributed by atoms with van der Waals surface area (Å²) in [6, 6.07) is 21.5. The number of rotatable bonds is 7. The summed E-state index contributed by atoms with van der Waals surface area (Å²) in [7, 11) is -3.70. The zero-order valence-electron chi connectivity index (χ0n) is 21.7. The van der Waals surface area contributed by atoms with Crippen LogP contribution < -0.4 is 10.0 Å². The molecule has 0 unspecified atom stereocenters. The predicted octanol–water partition coefficient (Wildman–Crippen LogP) is 4.40. The van der Waals surface area contributed by atoms with Gasteiger partial charge in [0.2, 0.25) is 15.9 Å². The molecule has 0 aliphatic carbocycles. The number of aromatic hydroxyl groups is 1. The number of fused-ring (bicyclic) bond motifs is 1. The molecule has 10 heteroatoms. The lowest BCUT2D eigenvalue weighted by Crippen LogP contribution is -2.44. The molecule has 4 aromatic rings. The van der Waals surface area contributed by atoms with Crippen LogP contribution in [0.15, 0.2) is 77.8 Å². The highest BCUT2D eigenvalue weighted by molar-refractivity contribution is 7.92. The minimum atomic E-state index is -3.70. The van der Waals surface area contributed by atoms with Crippen LogP contribution in [-0.2, 0) is 14.8 Å². The van der Waals surface area contributed by atoms with Gasteiger partial charge in [-0.2, -0.15) is 0 Å². The molecule has 1 aliphatic rings. The molecule has 5 rings (SSSR count). The van der Waals surface area contributed by atoms with Crippen LogP contribution in [0.3, 0.4) is 0 Å². The third-order valence-electron chi connectivity index (χ3n) is 6.85. The first-order valence-corrected chi connectivity index (χ1v) is 14.7. The maximum atomic E-state index is 12.9. The van der Waals surface area contributed by atoms with Crippen LogP contribution in [0.4, 0.5) is 17.1 Å². The van der Waals surface area contributed by atoms with Gasteiger partial charge in [0.25, 0.3) is 0 Å².